The molecule has 1 rings (SSSR count). The van der Waals surface area contributed by atoms with Crippen molar-refractivity contribution in [2.45, 2.75) is 224 Å². The molecule has 1 heterocycles. The highest BCUT2D eigenvalue weighted by atomic mass is 32.2. The molecule has 0 aromatic carbocycles. The van der Waals surface area contributed by atoms with E-state index in [-0.39, 0.29) is 19.4 Å². The van der Waals surface area contributed by atoms with Crippen molar-refractivity contribution in [2.24, 2.45) is 0 Å². The first-order chi connectivity index (χ1) is 25.5. The van der Waals surface area contributed by atoms with Crippen LogP contribution in [-0.4, -0.2) is 96.0 Å². The molecule has 0 spiro atoms. The highest BCUT2D eigenvalue weighted by molar-refractivity contribution is 7.85. The molecule has 0 saturated carbocycles. The van der Waals surface area contributed by atoms with E-state index in [4.69, 9.17) is 18.9 Å². The Bertz CT molecular complexity index is 1010. The van der Waals surface area contributed by atoms with E-state index in [1.165, 1.54) is 109 Å². The van der Waals surface area contributed by atoms with Gasteiger partial charge >= 0.3 is 11.9 Å². The molecule has 13 heteroatoms. The van der Waals surface area contributed by atoms with Crippen LogP contribution in [0.4, 0.5) is 0 Å². The summed E-state index contributed by atoms with van der Waals surface area (Å²) in [5.41, 5.74) is 0. The summed E-state index contributed by atoms with van der Waals surface area (Å²) in [6.45, 7) is 3.75. The molecule has 53 heavy (non-hydrogen) atoms. The fraction of sp³-hybridized carbons (Fsp3) is 0.950. The van der Waals surface area contributed by atoms with Gasteiger partial charge in [-0.3, -0.25) is 14.1 Å². The van der Waals surface area contributed by atoms with Gasteiger partial charge in [0.25, 0.3) is 10.1 Å². The smallest absolute Gasteiger partial charge is 0.306 e. The van der Waals surface area contributed by atoms with Crippen LogP contribution < -0.4 is 0 Å². The third-order valence-electron chi connectivity index (χ3n) is 9.94. The third kappa shape index (κ3) is 27.0. The number of hydrogen-bond acceptors (Lipinski definition) is 11. The average Bonchev–Trinajstić information content (AvgIpc) is 3.12. The summed E-state index contributed by atoms with van der Waals surface area (Å²) < 4.78 is 53.9. The number of aliphatic hydroxyl groups is 3. The molecule has 0 aromatic rings. The minimum absolute atomic E-state index is 0.172. The molecule has 1 aliphatic rings. The zero-order chi connectivity index (χ0) is 39.2. The van der Waals surface area contributed by atoms with Gasteiger partial charge in [0, 0.05) is 12.8 Å². The topological polar surface area (TPSA) is 186 Å². The first kappa shape index (κ1) is 49.7. The Morgan fingerprint density at radius 1 is 0.566 bits per heavy atom. The quantitative estimate of drug-likeness (QED) is 0.0279. The van der Waals surface area contributed by atoms with Crippen LogP contribution in [0.3, 0.4) is 0 Å². The molecule has 0 radical (unpaired) electrons. The van der Waals surface area contributed by atoms with Gasteiger partial charge < -0.3 is 34.3 Å². The van der Waals surface area contributed by atoms with Gasteiger partial charge in [0.05, 0.1) is 6.61 Å². The van der Waals surface area contributed by atoms with Crippen LogP contribution >= 0.6 is 0 Å². The van der Waals surface area contributed by atoms with Crippen molar-refractivity contribution in [3.05, 3.63) is 0 Å². The van der Waals surface area contributed by atoms with Crippen molar-refractivity contribution in [2.75, 3.05) is 19.0 Å². The summed E-state index contributed by atoms with van der Waals surface area (Å²) in [4.78, 5) is 25.3. The molecule has 6 unspecified atom stereocenters. The van der Waals surface area contributed by atoms with Gasteiger partial charge in [-0.25, -0.2) is 0 Å². The lowest BCUT2D eigenvalue weighted by Crippen LogP contribution is -2.60. The predicted molar refractivity (Wildman–Crippen MR) is 206 cm³/mol. The number of ether oxygens (including phenoxy) is 4. The van der Waals surface area contributed by atoms with E-state index in [1.54, 1.807) is 0 Å². The van der Waals surface area contributed by atoms with E-state index in [2.05, 4.69) is 13.8 Å². The summed E-state index contributed by atoms with van der Waals surface area (Å²) in [7, 11) is -4.59. The van der Waals surface area contributed by atoms with Gasteiger partial charge in [-0.05, 0) is 12.8 Å². The van der Waals surface area contributed by atoms with Crippen molar-refractivity contribution in [3.8, 4) is 0 Å². The standard InChI is InChI=1S/C40H76O12S/c1-3-5-7-9-11-13-15-16-17-19-21-23-25-27-29-36(42)51-33(30-49-35(41)28-26-24-22-20-18-14-12-10-8-6-4-2)31-50-40-39(45)38(44)37(43)34(52-40)32-53(46,47)48/h33-34,37-40,43-45H,3-32H2,1-2H3,(H,46,47,48). The number of carbonyl (C=O) groups excluding carboxylic acids is 2. The second-order valence-electron chi connectivity index (χ2n) is 15.0. The minimum atomic E-state index is -4.59. The van der Waals surface area contributed by atoms with Gasteiger partial charge in [-0.15, -0.1) is 0 Å². The number of esters is 2. The molecule has 1 saturated heterocycles. The van der Waals surface area contributed by atoms with Gasteiger partial charge in [-0.2, -0.15) is 8.42 Å². The summed E-state index contributed by atoms with van der Waals surface area (Å²) in [6.07, 6.45) is 20.1. The number of unbranched alkanes of at least 4 members (excludes halogenated alkanes) is 23. The van der Waals surface area contributed by atoms with Crippen LogP contribution in [0.15, 0.2) is 0 Å². The van der Waals surface area contributed by atoms with Gasteiger partial charge in [0.15, 0.2) is 12.4 Å². The van der Waals surface area contributed by atoms with Crippen molar-refractivity contribution in [1.82, 2.24) is 0 Å². The second kappa shape index (κ2) is 31.8. The first-order valence-corrected chi connectivity index (χ1v) is 22.7. The molecular weight excluding hydrogens is 704 g/mol. The van der Waals surface area contributed by atoms with Crippen LogP contribution in [0.5, 0.6) is 0 Å². The van der Waals surface area contributed by atoms with E-state index in [9.17, 15) is 37.9 Å². The zero-order valence-corrected chi connectivity index (χ0v) is 34.0. The van der Waals surface area contributed by atoms with E-state index < -0.39 is 71.2 Å². The Kier molecular flexibility index (Phi) is 29.8. The maximum atomic E-state index is 12.8. The molecule has 4 N–H and O–H groups in total. The maximum absolute atomic E-state index is 12.8. The average molecular weight is 781 g/mol. The number of rotatable bonds is 35. The monoisotopic (exact) mass is 781 g/mol. The van der Waals surface area contributed by atoms with E-state index in [0.29, 0.717) is 12.8 Å². The molecule has 1 fully saturated rings. The lowest BCUT2D eigenvalue weighted by Gasteiger charge is -2.40. The van der Waals surface area contributed by atoms with Crippen LogP contribution in [0.1, 0.15) is 187 Å². The van der Waals surface area contributed by atoms with E-state index >= 15 is 0 Å². The summed E-state index contributed by atoms with van der Waals surface area (Å²) in [6, 6.07) is 0. The molecule has 1 aliphatic heterocycles. The van der Waals surface area contributed by atoms with E-state index in [0.717, 1.165) is 38.5 Å². The van der Waals surface area contributed by atoms with Crippen LogP contribution in [-0.2, 0) is 38.7 Å². The van der Waals surface area contributed by atoms with Gasteiger partial charge in [0.1, 0.15) is 36.8 Å². The molecule has 0 bridgehead atoms. The van der Waals surface area contributed by atoms with E-state index in [1.807, 2.05) is 0 Å². The van der Waals surface area contributed by atoms with Crippen molar-refractivity contribution >= 4 is 22.1 Å². The minimum Gasteiger partial charge on any atom is -0.462 e. The molecule has 6 atom stereocenters. The number of carbonyl (C=O) groups is 2. The third-order valence-corrected chi connectivity index (χ3v) is 10.7. The Morgan fingerprint density at radius 3 is 1.38 bits per heavy atom. The Balaban J connectivity index is 2.48. The molecule has 0 aliphatic carbocycles. The molecule has 12 nitrogen and oxygen atoms in total. The zero-order valence-electron chi connectivity index (χ0n) is 33.1. The van der Waals surface area contributed by atoms with Crippen LogP contribution in [0.25, 0.3) is 0 Å². The highest BCUT2D eigenvalue weighted by Gasteiger charge is 2.46. The molecular formula is C40H76O12S. The fourth-order valence-electron chi connectivity index (χ4n) is 6.62. The Hall–Kier alpha value is -1.35. The van der Waals surface area contributed by atoms with Gasteiger partial charge in [0.2, 0.25) is 0 Å². The predicted octanol–water partition coefficient (Wildman–Crippen LogP) is 7.73. The first-order valence-electron chi connectivity index (χ1n) is 21.1. The SMILES string of the molecule is CCCCCCCCCCCCCCCCC(=O)OC(COC(=O)CCCCCCCCCCCCC)COC1OC(CS(=O)(=O)O)C(O)C(O)C1O. The normalized spacial score (nSPS) is 21.1. The summed E-state index contributed by atoms with van der Waals surface area (Å²) >= 11 is 0. The maximum Gasteiger partial charge on any atom is 0.306 e. The Morgan fingerprint density at radius 2 is 0.962 bits per heavy atom. The Labute approximate surface area is 321 Å². The van der Waals surface area contributed by atoms with Crippen molar-refractivity contribution in [3.63, 3.8) is 0 Å². The fourth-order valence-corrected chi connectivity index (χ4v) is 7.31. The second-order valence-corrected chi connectivity index (χ2v) is 16.5. The number of aliphatic hydroxyl groups excluding tert-OH is 3. The molecule has 0 aromatic heterocycles. The lowest BCUT2D eigenvalue weighted by atomic mass is 10.00. The van der Waals surface area contributed by atoms with Crippen molar-refractivity contribution in [1.29, 1.82) is 0 Å². The van der Waals surface area contributed by atoms with Crippen molar-refractivity contribution < 1.29 is 56.8 Å². The molecule has 0 amide bonds. The highest BCUT2D eigenvalue weighted by Crippen LogP contribution is 2.24. The summed E-state index contributed by atoms with van der Waals surface area (Å²) in [5.74, 6) is -1.97. The van der Waals surface area contributed by atoms with Crippen LogP contribution in [0.2, 0.25) is 0 Å². The largest absolute Gasteiger partial charge is 0.462 e. The number of hydrogen-bond donors (Lipinski definition) is 4. The summed E-state index contributed by atoms with van der Waals surface area (Å²) in [5, 5.41) is 30.8. The lowest BCUT2D eigenvalue weighted by molar-refractivity contribution is -0.297. The van der Waals surface area contributed by atoms with Crippen LogP contribution in [0, 0.1) is 0 Å². The van der Waals surface area contributed by atoms with Gasteiger partial charge in [-0.1, -0.05) is 162 Å². The molecule has 314 valence electrons.